The Hall–Kier alpha value is -1.16. The van der Waals surface area contributed by atoms with Crippen molar-refractivity contribution in [2.75, 3.05) is 30.7 Å². The summed E-state index contributed by atoms with van der Waals surface area (Å²) < 4.78 is 0. The number of rotatable bonds is 4. The molecule has 0 spiro atoms. The van der Waals surface area contributed by atoms with Crippen molar-refractivity contribution in [3.8, 4) is 0 Å². The van der Waals surface area contributed by atoms with Gasteiger partial charge in [0.1, 0.15) is 0 Å². The predicted molar refractivity (Wildman–Crippen MR) is 87.8 cm³/mol. The molecule has 20 heavy (non-hydrogen) atoms. The molecule has 1 amide bonds. The number of amides is 1. The van der Waals surface area contributed by atoms with Crippen molar-refractivity contribution in [3.63, 3.8) is 0 Å². The maximum absolute atomic E-state index is 12.5. The van der Waals surface area contributed by atoms with E-state index in [4.69, 9.17) is 0 Å². The van der Waals surface area contributed by atoms with Gasteiger partial charge in [-0.05, 0) is 37.1 Å². The first-order chi connectivity index (χ1) is 9.61. The lowest BCUT2D eigenvalue weighted by Gasteiger charge is -2.30. The Bertz CT molecular complexity index is 476. The molecule has 1 fully saturated rings. The van der Waals surface area contributed by atoms with Gasteiger partial charge in [0, 0.05) is 41.9 Å². The molecule has 0 aromatic heterocycles. The van der Waals surface area contributed by atoms with E-state index in [2.05, 4.69) is 26.1 Å². The molecule has 2 rings (SSSR count). The Kier molecular flexibility index (Phi) is 5.35. The van der Waals surface area contributed by atoms with E-state index in [1.807, 2.05) is 34.9 Å². The number of anilines is 1. The van der Waals surface area contributed by atoms with Gasteiger partial charge in [0.15, 0.2) is 0 Å². The molecule has 1 unspecified atom stereocenters. The topological polar surface area (TPSA) is 32.3 Å². The Morgan fingerprint density at radius 1 is 1.50 bits per heavy atom. The third-order valence-corrected chi connectivity index (χ3v) is 4.70. The van der Waals surface area contributed by atoms with Gasteiger partial charge in [-0.15, -0.1) is 0 Å². The molecule has 1 aromatic carbocycles. The summed E-state index contributed by atoms with van der Waals surface area (Å²) in [5, 5.41) is 3.93. The summed E-state index contributed by atoms with van der Waals surface area (Å²) in [5.41, 5.74) is 3.08. The van der Waals surface area contributed by atoms with Crippen LogP contribution in [-0.4, -0.2) is 41.4 Å². The van der Waals surface area contributed by atoms with E-state index in [9.17, 15) is 4.79 Å². The minimum absolute atomic E-state index is 0.169. The van der Waals surface area contributed by atoms with Gasteiger partial charge in [-0.2, -0.15) is 11.8 Å². The monoisotopic (exact) mass is 292 g/mol. The first-order valence-corrected chi connectivity index (χ1v) is 8.42. The van der Waals surface area contributed by atoms with Crippen LogP contribution in [0.2, 0.25) is 0 Å². The van der Waals surface area contributed by atoms with Crippen LogP contribution >= 0.6 is 11.8 Å². The van der Waals surface area contributed by atoms with Crippen molar-refractivity contribution in [1.29, 1.82) is 0 Å². The van der Waals surface area contributed by atoms with Crippen molar-refractivity contribution in [2.24, 2.45) is 0 Å². The van der Waals surface area contributed by atoms with Crippen molar-refractivity contribution in [3.05, 3.63) is 29.3 Å². The molecule has 1 atom stereocenters. The highest BCUT2D eigenvalue weighted by Crippen LogP contribution is 2.22. The zero-order chi connectivity index (χ0) is 14.5. The van der Waals surface area contributed by atoms with E-state index in [-0.39, 0.29) is 5.91 Å². The summed E-state index contributed by atoms with van der Waals surface area (Å²) in [5.74, 6) is 1.21. The van der Waals surface area contributed by atoms with E-state index in [0.29, 0.717) is 5.25 Å². The molecule has 1 aliphatic heterocycles. The molecule has 1 N–H and O–H groups in total. The van der Waals surface area contributed by atoms with Crippen molar-refractivity contribution < 1.29 is 4.79 Å². The third kappa shape index (κ3) is 3.69. The summed E-state index contributed by atoms with van der Waals surface area (Å²) in [6.07, 6.45) is 1.10. The lowest BCUT2D eigenvalue weighted by molar-refractivity contribution is 0.0763. The summed E-state index contributed by atoms with van der Waals surface area (Å²) in [4.78, 5) is 14.5. The van der Waals surface area contributed by atoms with E-state index in [1.54, 1.807) is 0 Å². The van der Waals surface area contributed by atoms with Gasteiger partial charge in [-0.25, -0.2) is 0 Å². The highest BCUT2D eigenvalue weighted by atomic mass is 32.2. The number of hydrogen-bond donors (Lipinski definition) is 1. The highest BCUT2D eigenvalue weighted by molar-refractivity contribution is 7.99. The number of hydrogen-bond acceptors (Lipinski definition) is 3. The highest BCUT2D eigenvalue weighted by Gasteiger charge is 2.22. The van der Waals surface area contributed by atoms with E-state index < -0.39 is 0 Å². The third-order valence-electron chi connectivity index (χ3n) is 3.57. The number of nitrogens with one attached hydrogen (secondary N) is 1. The summed E-state index contributed by atoms with van der Waals surface area (Å²) in [6.45, 7) is 9.09. The lowest BCUT2D eigenvalue weighted by Crippen LogP contribution is -2.41. The van der Waals surface area contributed by atoms with Crippen LogP contribution in [-0.2, 0) is 0 Å². The van der Waals surface area contributed by atoms with Gasteiger partial charge in [0.05, 0.1) is 0 Å². The summed E-state index contributed by atoms with van der Waals surface area (Å²) in [6, 6.07) is 5.98. The largest absolute Gasteiger partial charge is 0.385 e. The van der Waals surface area contributed by atoms with Gasteiger partial charge in [0.2, 0.25) is 0 Å². The van der Waals surface area contributed by atoms with Crippen molar-refractivity contribution in [1.82, 2.24) is 4.90 Å². The van der Waals surface area contributed by atoms with Gasteiger partial charge in [-0.3, -0.25) is 4.79 Å². The Balaban J connectivity index is 2.08. The van der Waals surface area contributed by atoms with Crippen molar-refractivity contribution >= 4 is 23.4 Å². The fraction of sp³-hybridized carbons (Fsp3) is 0.562. The van der Waals surface area contributed by atoms with Crippen LogP contribution in [0.3, 0.4) is 0 Å². The number of thioether (sulfide) groups is 1. The van der Waals surface area contributed by atoms with Crippen LogP contribution in [0.15, 0.2) is 18.2 Å². The fourth-order valence-corrected chi connectivity index (χ4v) is 3.45. The second-order valence-corrected chi connectivity index (χ2v) is 6.94. The van der Waals surface area contributed by atoms with Crippen LogP contribution in [0.4, 0.5) is 5.69 Å². The normalized spacial score (nSPS) is 18.9. The van der Waals surface area contributed by atoms with Gasteiger partial charge in [0.25, 0.3) is 5.91 Å². The molecule has 0 aliphatic carbocycles. The number of carbonyl (C=O) groups excluding carboxylic acids is 1. The van der Waals surface area contributed by atoms with Crippen molar-refractivity contribution in [2.45, 2.75) is 32.4 Å². The maximum atomic E-state index is 12.5. The minimum Gasteiger partial charge on any atom is -0.385 e. The first-order valence-electron chi connectivity index (χ1n) is 7.37. The zero-order valence-corrected chi connectivity index (χ0v) is 13.4. The molecular formula is C16H24N2OS. The molecule has 110 valence electrons. The molecule has 4 heteroatoms. The second kappa shape index (κ2) is 7.02. The summed E-state index contributed by atoms with van der Waals surface area (Å²) in [7, 11) is 0. The fourth-order valence-electron chi connectivity index (χ4n) is 2.44. The molecule has 1 aliphatic rings. The molecule has 0 bridgehead atoms. The Morgan fingerprint density at radius 2 is 2.30 bits per heavy atom. The van der Waals surface area contributed by atoms with Gasteiger partial charge in [-0.1, -0.05) is 13.8 Å². The van der Waals surface area contributed by atoms with Crippen LogP contribution in [0.25, 0.3) is 0 Å². The van der Waals surface area contributed by atoms with Gasteiger partial charge >= 0.3 is 0 Å². The second-order valence-electron chi connectivity index (χ2n) is 5.39. The number of carbonyl (C=O) groups is 1. The number of benzene rings is 1. The Labute approximate surface area is 126 Å². The molecule has 1 aromatic rings. The number of nitrogens with zero attached hydrogens (tertiary/aromatic N) is 1. The minimum atomic E-state index is 0.169. The summed E-state index contributed by atoms with van der Waals surface area (Å²) >= 11 is 1.95. The quantitative estimate of drug-likeness (QED) is 0.923. The first kappa shape index (κ1) is 15.2. The molecule has 1 heterocycles. The van der Waals surface area contributed by atoms with Crippen LogP contribution in [0.1, 0.15) is 36.2 Å². The SMILES string of the molecule is CCCNc1ccc(C(=O)N2CCSC(C)C2)cc1C. The zero-order valence-electron chi connectivity index (χ0n) is 12.6. The molecular weight excluding hydrogens is 268 g/mol. The van der Waals surface area contributed by atoms with E-state index in [0.717, 1.165) is 48.6 Å². The predicted octanol–water partition coefficient (Wildman–Crippen LogP) is 3.39. The van der Waals surface area contributed by atoms with E-state index >= 15 is 0 Å². The average Bonchev–Trinajstić information content (AvgIpc) is 2.45. The molecule has 0 saturated carbocycles. The molecule has 3 nitrogen and oxygen atoms in total. The standard InChI is InChI=1S/C16H24N2OS/c1-4-7-17-15-6-5-14(10-12(15)2)16(19)18-8-9-20-13(3)11-18/h5-6,10,13,17H,4,7-9,11H2,1-3H3. The number of aryl methyl sites for hydroxylation is 1. The smallest absolute Gasteiger partial charge is 0.253 e. The van der Waals surface area contributed by atoms with Crippen LogP contribution < -0.4 is 5.32 Å². The molecule has 1 saturated heterocycles. The average molecular weight is 292 g/mol. The Morgan fingerprint density at radius 3 is 2.95 bits per heavy atom. The van der Waals surface area contributed by atoms with E-state index in [1.165, 1.54) is 0 Å². The lowest BCUT2D eigenvalue weighted by atomic mass is 10.1. The maximum Gasteiger partial charge on any atom is 0.253 e. The van der Waals surface area contributed by atoms with Crippen LogP contribution in [0.5, 0.6) is 0 Å². The van der Waals surface area contributed by atoms with Crippen LogP contribution in [0, 0.1) is 6.92 Å². The molecule has 0 radical (unpaired) electrons. The van der Waals surface area contributed by atoms with Gasteiger partial charge < -0.3 is 10.2 Å².